The molecule has 1 fully saturated rings. The second-order valence-corrected chi connectivity index (χ2v) is 3.72. The molecule has 0 unspecified atom stereocenters. The molecule has 0 bridgehead atoms. The highest BCUT2D eigenvalue weighted by Gasteiger charge is 2.11. The largest absolute Gasteiger partial charge is 0.315 e. The summed E-state index contributed by atoms with van der Waals surface area (Å²) >= 11 is 0. The van der Waals surface area contributed by atoms with Crippen LogP contribution in [0.2, 0.25) is 0 Å². The van der Waals surface area contributed by atoms with E-state index in [9.17, 15) is 0 Å². The molecule has 0 aliphatic carbocycles. The van der Waals surface area contributed by atoms with Crippen molar-refractivity contribution >= 4 is 0 Å². The van der Waals surface area contributed by atoms with E-state index in [2.05, 4.69) is 24.5 Å². The van der Waals surface area contributed by atoms with Gasteiger partial charge in [-0.05, 0) is 19.4 Å². The van der Waals surface area contributed by atoms with E-state index >= 15 is 0 Å². The maximum atomic E-state index is 3.56. The van der Waals surface area contributed by atoms with Gasteiger partial charge in [0.1, 0.15) is 0 Å². The zero-order valence-electron chi connectivity index (χ0n) is 7.69. The van der Waals surface area contributed by atoms with E-state index in [0.29, 0.717) is 12.1 Å². The standard InChI is InChI=1S/C9H20N2/c1-8(2)11-9-5-3-4-6-10-7-9/h8-11H,3-7H2,1-2H3/t9-/m0/s1. The topological polar surface area (TPSA) is 24.1 Å². The predicted molar refractivity (Wildman–Crippen MR) is 48.8 cm³/mol. The fraction of sp³-hybridized carbons (Fsp3) is 1.00. The molecule has 0 spiro atoms. The van der Waals surface area contributed by atoms with E-state index in [0.717, 1.165) is 6.54 Å². The quantitative estimate of drug-likeness (QED) is 0.626. The highest BCUT2D eigenvalue weighted by molar-refractivity contribution is 4.74. The molecule has 0 aromatic rings. The highest BCUT2D eigenvalue weighted by Crippen LogP contribution is 2.04. The monoisotopic (exact) mass is 156 g/mol. The van der Waals surface area contributed by atoms with E-state index in [1.807, 2.05) is 0 Å². The highest BCUT2D eigenvalue weighted by atomic mass is 15.0. The minimum atomic E-state index is 0.625. The third-order valence-corrected chi connectivity index (χ3v) is 2.12. The van der Waals surface area contributed by atoms with Crippen molar-refractivity contribution in [3.05, 3.63) is 0 Å². The van der Waals surface area contributed by atoms with Crippen LogP contribution in [0.25, 0.3) is 0 Å². The zero-order valence-corrected chi connectivity index (χ0v) is 7.69. The van der Waals surface area contributed by atoms with Crippen LogP contribution in [0.5, 0.6) is 0 Å². The molecule has 2 N–H and O–H groups in total. The Labute approximate surface area is 69.8 Å². The zero-order chi connectivity index (χ0) is 8.10. The number of hydrogen-bond acceptors (Lipinski definition) is 2. The van der Waals surface area contributed by atoms with Crippen molar-refractivity contribution < 1.29 is 0 Å². The molecule has 66 valence electrons. The minimum Gasteiger partial charge on any atom is -0.315 e. The molecular weight excluding hydrogens is 136 g/mol. The van der Waals surface area contributed by atoms with Gasteiger partial charge in [0.05, 0.1) is 0 Å². The van der Waals surface area contributed by atoms with Gasteiger partial charge < -0.3 is 10.6 Å². The summed E-state index contributed by atoms with van der Waals surface area (Å²) in [4.78, 5) is 0. The lowest BCUT2D eigenvalue weighted by Gasteiger charge is -2.18. The number of hydrogen-bond donors (Lipinski definition) is 2. The number of rotatable bonds is 2. The Morgan fingerprint density at radius 3 is 2.91 bits per heavy atom. The van der Waals surface area contributed by atoms with Crippen LogP contribution < -0.4 is 10.6 Å². The molecule has 0 saturated carbocycles. The van der Waals surface area contributed by atoms with Crippen molar-refractivity contribution in [2.45, 2.75) is 45.2 Å². The van der Waals surface area contributed by atoms with Crippen LogP contribution in [-0.2, 0) is 0 Å². The molecule has 11 heavy (non-hydrogen) atoms. The lowest BCUT2D eigenvalue weighted by molar-refractivity contribution is 0.435. The van der Waals surface area contributed by atoms with E-state index in [1.54, 1.807) is 0 Å². The van der Waals surface area contributed by atoms with Crippen molar-refractivity contribution in [2.75, 3.05) is 13.1 Å². The van der Waals surface area contributed by atoms with Gasteiger partial charge in [-0.25, -0.2) is 0 Å². The van der Waals surface area contributed by atoms with Gasteiger partial charge in [0.2, 0.25) is 0 Å². The SMILES string of the molecule is CC(C)N[C@H]1CCCCNC1. The third-order valence-electron chi connectivity index (χ3n) is 2.12. The minimum absolute atomic E-state index is 0.625. The van der Waals surface area contributed by atoms with Gasteiger partial charge in [0, 0.05) is 18.6 Å². The summed E-state index contributed by atoms with van der Waals surface area (Å²) in [6.07, 6.45) is 4.05. The average Bonchev–Trinajstić information content (AvgIpc) is 2.14. The Morgan fingerprint density at radius 1 is 1.36 bits per heavy atom. The first kappa shape index (κ1) is 9.01. The van der Waals surface area contributed by atoms with Crippen LogP contribution in [0.4, 0.5) is 0 Å². The van der Waals surface area contributed by atoms with E-state index in [-0.39, 0.29) is 0 Å². The van der Waals surface area contributed by atoms with Crippen molar-refractivity contribution in [2.24, 2.45) is 0 Å². The van der Waals surface area contributed by atoms with Crippen LogP contribution in [0.3, 0.4) is 0 Å². The molecule has 1 atom stereocenters. The van der Waals surface area contributed by atoms with Crippen LogP contribution in [0, 0.1) is 0 Å². The molecule has 0 aromatic heterocycles. The van der Waals surface area contributed by atoms with Gasteiger partial charge in [-0.3, -0.25) is 0 Å². The van der Waals surface area contributed by atoms with Gasteiger partial charge in [0.15, 0.2) is 0 Å². The van der Waals surface area contributed by atoms with E-state index in [1.165, 1.54) is 25.8 Å². The van der Waals surface area contributed by atoms with Gasteiger partial charge in [-0.15, -0.1) is 0 Å². The molecule has 1 aliphatic rings. The lowest BCUT2D eigenvalue weighted by Crippen LogP contribution is -2.40. The normalized spacial score (nSPS) is 27.0. The van der Waals surface area contributed by atoms with Crippen molar-refractivity contribution in [3.8, 4) is 0 Å². The summed E-state index contributed by atoms with van der Waals surface area (Å²) in [5, 5.41) is 7.00. The van der Waals surface area contributed by atoms with Gasteiger partial charge in [-0.2, -0.15) is 0 Å². The van der Waals surface area contributed by atoms with E-state index < -0.39 is 0 Å². The molecule has 0 radical (unpaired) electrons. The second-order valence-electron chi connectivity index (χ2n) is 3.72. The van der Waals surface area contributed by atoms with Crippen LogP contribution in [0.1, 0.15) is 33.1 Å². The molecule has 0 amide bonds. The Bertz CT molecular complexity index is 93.7. The average molecular weight is 156 g/mol. The van der Waals surface area contributed by atoms with Crippen molar-refractivity contribution in [1.29, 1.82) is 0 Å². The predicted octanol–water partition coefficient (Wildman–Crippen LogP) is 1.13. The number of nitrogens with one attached hydrogen (secondary N) is 2. The first-order chi connectivity index (χ1) is 5.29. The Kier molecular flexibility index (Phi) is 3.87. The molecule has 2 heteroatoms. The van der Waals surface area contributed by atoms with Crippen LogP contribution in [0.15, 0.2) is 0 Å². The first-order valence-corrected chi connectivity index (χ1v) is 4.76. The van der Waals surface area contributed by atoms with E-state index in [4.69, 9.17) is 0 Å². The molecule has 1 heterocycles. The Balaban J connectivity index is 2.20. The van der Waals surface area contributed by atoms with Gasteiger partial charge in [0.25, 0.3) is 0 Å². The summed E-state index contributed by atoms with van der Waals surface area (Å²) in [6, 6.07) is 1.33. The molecule has 1 saturated heterocycles. The summed E-state index contributed by atoms with van der Waals surface area (Å²) in [7, 11) is 0. The lowest BCUT2D eigenvalue weighted by atomic mass is 10.1. The van der Waals surface area contributed by atoms with Crippen molar-refractivity contribution in [1.82, 2.24) is 10.6 Å². The second kappa shape index (κ2) is 4.73. The fourth-order valence-electron chi connectivity index (χ4n) is 1.63. The van der Waals surface area contributed by atoms with Gasteiger partial charge in [-0.1, -0.05) is 20.3 Å². The molecule has 1 aliphatic heterocycles. The molecule has 2 nitrogen and oxygen atoms in total. The Hall–Kier alpha value is -0.0800. The Morgan fingerprint density at radius 2 is 2.18 bits per heavy atom. The third kappa shape index (κ3) is 3.73. The van der Waals surface area contributed by atoms with Crippen LogP contribution >= 0.6 is 0 Å². The first-order valence-electron chi connectivity index (χ1n) is 4.76. The maximum absolute atomic E-state index is 3.56. The summed E-state index contributed by atoms with van der Waals surface area (Å²) in [5.41, 5.74) is 0. The van der Waals surface area contributed by atoms with Gasteiger partial charge >= 0.3 is 0 Å². The molecule has 0 aromatic carbocycles. The summed E-state index contributed by atoms with van der Waals surface area (Å²) < 4.78 is 0. The smallest absolute Gasteiger partial charge is 0.0194 e. The maximum Gasteiger partial charge on any atom is 0.0194 e. The molecular formula is C9H20N2. The fourth-order valence-corrected chi connectivity index (χ4v) is 1.63. The molecule has 1 rings (SSSR count). The summed E-state index contributed by atoms with van der Waals surface area (Å²) in [5.74, 6) is 0. The van der Waals surface area contributed by atoms with Crippen molar-refractivity contribution in [3.63, 3.8) is 0 Å². The van der Waals surface area contributed by atoms with Crippen LogP contribution in [-0.4, -0.2) is 25.2 Å². The summed E-state index contributed by atoms with van der Waals surface area (Å²) in [6.45, 7) is 6.78.